The summed E-state index contributed by atoms with van der Waals surface area (Å²) in [6, 6.07) is 3.84. The van der Waals surface area contributed by atoms with E-state index in [-0.39, 0.29) is 10.0 Å². The zero-order valence-corrected chi connectivity index (χ0v) is 7.95. The van der Waals surface area contributed by atoms with E-state index in [9.17, 15) is 9.18 Å². The Morgan fingerprint density at radius 1 is 1.54 bits per heavy atom. The maximum Gasteiger partial charge on any atom is 0.337 e. The molecule has 1 rings (SSSR count). The van der Waals surface area contributed by atoms with Gasteiger partial charge in [0.2, 0.25) is 0 Å². The third-order valence-electron chi connectivity index (χ3n) is 1.51. The second kappa shape index (κ2) is 3.85. The highest BCUT2D eigenvalue weighted by Crippen LogP contribution is 2.25. The molecule has 2 N–H and O–H groups in total. The molecule has 0 saturated carbocycles. The van der Waals surface area contributed by atoms with Crippen molar-refractivity contribution in [3.8, 4) is 0 Å². The van der Waals surface area contributed by atoms with Gasteiger partial charge < -0.3 is 10.2 Å². The lowest BCUT2D eigenvalue weighted by Gasteiger charge is -2.07. The van der Waals surface area contributed by atoms with Gasteiger partial charge in [-0.1, -0.05) is 12.1 Å². The van der Waals surface area contributed by atoms with E-state index >= 15 is 0 Å². The molecule has 70 valence electrons. The third-order valence-corrected chi connectivity index (χ3v) is 2.35. The van der Waals surface area contributed by atoms with Gasteiger partial charge in [-0.15, -0.1) is 0 Å². The van der Waals surface area contributed by atoms with Gasteiger partial charge in [0.1, 0.15) is 5.82 Å². The molecule has 0 bridgehead atoms. The molecule has 1 atom stereocenters. The number of hydrogen-bond acceptors (Lipinski definition) is 2. The Bertz CT molecular complexity index is 340. The summed E-state index contributed by atoms with van der Waals surface area (Å²) < 4.78 is 12.8. The zero-order valence-electron chi connectivity index (χ0n) is 6.37. The molecule has 1 aromatic carbocycles. The lowest BCUT2D eigenvalue weighted by Crippen LogP contribution is -2.11. The van der Waals surface area contributed by atoms with Crippen molar-refractivity contribution in [3.05, 3.63) is 34.1 Å². The van der Waals surface area contributed by atoms with E-state index in [1.807, 2.05) is 0 Å². The number of aliphatic hydroxyl groups excluding tert-OH is 1. The molecule has 0 aromatic heterocycles. The topological polar surface area (TPSA) is 57.5 Å². The number of aliphatic hydroxyl groups is 1. The Labute approximate surface area is 81.9 Å². The normalized spacial score (nSPS) is 12.5. The maximum absolute atomic E-state index is 12.9. The van der Waals surface area contributed by atoms with Crippen molar-refractivity contribution in [1.29, 1.82) is 0 Å². The van der Waals surface area contributed by atoms with Crippen molar-refractivity contribution in [2.45, 2.75) is 6.10 Å². The lowest BCUT2D eigenvalue weighted by atomic mass is 10.1. The Balaban J connectivity index is 3.15. The molecular formula is C8H6BrFO3. The van der Waals surface area contributed by atoms with Crippen LogP contribution >= 0.6 is 15.9 Å². The van der Waals surface area contributed by atoms with Crippen LogP contribution in [-0.4, -0.2) is 16.2 Å². The number of hydrogen-bond donors (Lipinski definition) is 2. The average Bonchev–Trinajstić information content (AvgIpc) is 2.08. The van der Waals surface area contributed by atoms with Crippen molar-refractivity contribution in [1.82, 2.24) is 0 Å². The van der Waals surface area contributed by atoms with Crippen molar-refractivity contribution in [2.75, 3.05) is 0 Å². The molecule has 0 spiro atoms. The molecule has 13 heavy (non-hydrogen) atoms. The first-order chi connectivity index (χ1) is 6.04. The van der Waals surface area contributed by atoms with E-state index in [2.05, 4.69) is 15.9 Å². The van der Waals surface area contributed by atoms with E-state index in [1.54, 1.807) is 0 Å². The minimum absolute atomic E-state index is 0.00694. The van der Waals surface area contributed by atoms with Crippen molar-refractivity contribution in [2.24, 2.45) is 0 Å². The highest BCUT2D eigenvalue weighted by atomic mass is 79.9. The fraction of sp³-hybridized carbons (Fsp3) is 0.125. The zero-order chi connectivity index (χ0) is 10.0. The minimum Gasteiger partial charge on any atom is -0.479 e. The first kappa shape index (κ1) is 10.1. The highest BCUT2D eigenvalue weighted by Gasteiger charge is 2.19. The van der Waals surface area contributed by atoms with Crippen LogP contribution in [0.4, 0.5) is 4.39 Å². The molecule has 0 aliphatic heterocycles. The fourth-order valence-electron chi connectivity index (χ4n) is 0.865. The number of rotatable bonds is 2. The number of carbonyl (C=O) groups is 1. The van der Waals surface area contributed by atoms with E-state index in [0.29, 0.717) is 0 Å². The molecule has 0 saturated heterocycles. The number of benzene rings is 1. The van der Waals surface area contributed by atoms with E-state index in [1.165, 1.54) is 18.2 Å². The molecule has 0 unspecified atom stereocenters. The van der Waals surface area contributed by atoms with E-state index < -0.39 is 17.9 Å². The second-order valence-electron chi connectivity index (χ2n) is 2.38. The van der Waals surface area contributed by atoms with Gasteiger partial charge in [-0.2, -0.15) is 0 Å². The largest absolute Gasteiger partial charge is 0.479 e. The summed E-state index contributed by atoms with van der Waals surface area (Å²) in [5.74, 6) is -2.01. The minimum atomic E-state index is -1.70. The molecule has 0 aliphatic rings. The molecule has 0 amide bonds. The Morgan fingerprint density at radius 3 is 2.69 bits per heavy atom. The van der Waals surface area contributed by atoms with Gasteiger partial charge in [0.05, 0.1) is 4.47 Å². The molecule has 1 aromatic rings. The summed E-state index contributed by atoms with van der Waals surface area (Å²) in [5, 5.41) is 17.6. The summed E-state index contributed by atoms with van der Waals surface area (Å²) in [6.45, 7) is 0. The van der Waals surface area contributed by atoms with E-state index in [4.69, 9.17) is 10.2 Å². The Morgan fingerprint density at radius 2 is 2.15 bits per heavy atom. The summed E-state index contributed by atoms with van der Waals surface area (Å²) in [4.78, 5) is 10.4. The first-order valence-corrected chi connectivity index (χ1v) is 4.18. The maximum atomic E-state index is 12.9. The smallest absolute Gasteiger partial charge is 0.337 e. The lowest BCUT2D eigenvalue weighted by molar-refractivity contribution is -0.147. The predicted octanol–water partition coefficient (Wildman–Crippen LogP) is 1.71. The standard InChI is InChI=1S/C8H6BrFO3/c9-6-4(7(11)8(12)13)2-1-3-5(6)10/h1-3,7,11H,(H,12,13)/t7-/m0/s1. The van der Waals surface area contributed by atoms with Crippen LogP contribution in [0, 0.1) is 5.82 Å². The van der Waals surface area contributed by atoms with Crippen molar-refractivity contribution in [3.63, 3.8) is 0 Å². The molecular weight excluding hydrogens is 243 g/mol. The monoisotopic (exact) mass is 248 g/mol. The quantitative estimate of drug-likeness (QED) is 0.838. The van der Waals surface area contributed by atoms with Crippen LogP contribution < -0.4 is 0 Å². The SMILES string of the molecule is O=C(O)[C@@H](O)c1cccc(F)c1Br. The van der Waals surface area contributed by atoms with E-state index in [0.717, 1.165) is 0 Å². The van der Waals surface area contributed by atoms with Crippen LogP contribution in [0.5, 0.6) is 0 Å². The molecule has 3 nitrogen and oxygen atoms in total. The van der Waals surface area contributed by atoms with Crippen LogP contribution in [-0.2, 0) is 4.79 Å². The fourth-order valence-corrected chi connectivity index (χ4v) is 1.35. The van der Waals surface area contributed by atoms with Gasteiger partial charge in [0.25, 0.3) is 0 Å². The first-order valence-electron chi connectivity index (χ1n) is 3.39. The number of aliphatic carboxylic acids is 1. The molecule has 0 aliphatic carbocycles. The van der Waals surface area contributed by atoms with Crippen molar-refractivity contribution < 1.29 is 19.4 Å². The number of carboxylic acid groups (broad SMARTS) is 1. The van der Waals surface area contributed by atoms with Gasteiger partial charge in [0.15, 0.2) is 6.10 Å². The number of halogens is 2. The molecule has 0 heterocycles. The van der Waals surface area contributed by atoms with Crippen molar-refractivity contribution >= 4 is 21.9 Å². The second-order valence-corrected chi connectivity index (χ2v) is 3.18. The van der Waals surface area contributed by atoms with Crippen LogP contribution in [0.1, 0.15) is 11.7 Å². The number of carboxylic acids is 1. The summed E-state index contributed by atoms with van der Waals surface area (Å²) in [6.07, 6.45) is -1.70. The summed E-state index contributed by atoms with van der Waals surface area (Å²) >= 11 is 2.85. The van der Waals surface area contributed by atoms with Crippen LogP contribution in [0.2, 0.25) is 0 Å². The van der Waals surface area contributed by atoms with Gasteiger partial charge in [-0.3, -0.25) is 0 Å². The van der Waals surface area contributed by atoms with Crippen LogP contribution in [0.25, 0.3) is 0 Å². The van der Waals surface area contributed by atoms with Crippen LogP contribution in [0.3, 0.4) is 0 Å². The van der Waals surface area contributed by atoms with Gasteiger partial charge in [-0.25, -0.2) is 9.18 Å². The highest BCUT2D eigenvalue weighted by molar-refractivity contribution is 9.10. The van der Waals surface area contributed by atoms with Crippen LogP contribution in [0.15, 0.2) is 22.7 Å². The Kier molecular flexibility index (Phi) is 3.00. The summed E-state index contributed by atoms with van der Waals surface area (Å²) in [7, 11) is 0. The average molecular weight is 249 g/mol. The third kappa shape index (κ3) is 2.05. The molecule has 5 heteroatoms. The predicted molar refractivity (Wildman–Crippen MR) is 46.7 cm³/mol. The van der Waals surface area contributed by atoms with Gasteiger partial charge in [-0.05, 0) is 22.0 Å². The Hall–Kier alpha value is -0.940. The van der Waals surface area contributed by atoms with Gasteiger partial charge in [0, 0.05) is 5.56 Å². The molecule has 0 fully saturated rings. The molecule has 0 radical (unpaired) electrons. The van der Waals surface area contributed by atoms with Gasteiger partial charge >= 0.3 is 5.97 Å². The summed E-state index contributed by atoms with van der Waals surface area (Å²) in [5.41, 5.74) is 0.00694.